The zero-order chi connectivity index (χ0) is 25.4. The van der Waals surface area contributed by atoms with E-state index < -0.39 is 13.0 Å². The molecule has 0 fully saturated rings. The van der Waals surface area contributed by atoms with Crippen molar-refractivity contribution in [2.24, 2.45) is 12.0 Å². The number of nitrogen functional groups attached to an aromatic ring is 1. The molecule has 2 N–H and O–H groups in total. The number of alkyl halides is 2. The number of ether oxygens (including phenoxy) is 1. The number of aryl methyl sites for hydroxylation is 1. The minimum Gasteiger partial charge on any atom is -0.472 e. The molecule has 0 bridgehead atoms. The Hall–Kier alpha value is -4.47. The Morgan fingerprint density at radius 3 is 2.72 bits per heavy atom. The van der Waals surface area contributed by atoms with Gasteiger partial charge in [0.25, 0.3) is 6.43 Å². The normalized spacial score (nSPS) is 13.8. The zero-order valence-electron chi connectivity index (χ0n) is 19.7. The molecule has 0 unspecified atom stereocenters. The third kappa shape index (κ3) is 4.21. The topological polar surface area (TPSA) is 89.0 Å². The first-order valence-corrected chi connectivity index (χ1v) is 11.2. The Kier molecular flexibility index (Phi) is 6.01. The molecular formula is C26H24F2N6O2. The lowest BCUT2D eigenvalue weighted by molar-refractivity contribution is 0.0796. The summed E-state index contributed by atoms with van der Waals surface area (Å²) in [4.78, 5) is 25.5. The van der Waals surface area contributed by atoms with Crippen LogP contribution in [0.2, 0.25) is 0 Å². The second-order valence-corrected chi connectivity index (χ2v) is 8.41. The number of carbonyl (C=O) groups is 1. The number of fused-ring (bicyclic) bond motifs is 2. The molecule has 0 aliphatic carbocycles. The van der Waals surface area contributed by atoms with Gasteiger partial charge in [-0.1, -0.05) is 0 Å². The van der Waals surface area contributed by atoms with Crippen LogP contribution in [0.3, 0.4) is 0 Å². The number of aromatic nitrogens is 2. The van der Waals surface area contributed by atoms with Crippen molar-refractivity contribution in [3.8, 4) is 5.88 Å². The summed E-state index contributed by atoms with van der Waals surface area (Å²) < 4.78 is 32.6. The highest BCUT2D eigenvalue weighted by molar-refractivity contribution is 6.11. The molecule has 0 radical (unpaired) electrons. The van der Waals surface area contributed by atoms with Gasteiger partial charge in [-0.05, 0) is 48.5 Å². The third-order valence-electron chi connectivity index (χ3n) is 6.03. The molecule has 3 heterocycles. The predicted molar refractivity (Wildman–Crippen MR) is 137 cm³/mol. The molecule has 4 aromatic rings. The van der Waals surface area contributed by atoms with Crippen LogP contribution in [-0.2, 0) is 13.6 Å². The summed E-state index contributed by atoms with van der Waals surface area (Å²) in [6.07, 6.45) is 0.936. The minimum atomic E-state index is -2.64. The van der Waals surface area contributed by atoms with Crippen molar-refractivity contribution in [2.45, 2.75) is 13.0 Å². The van der Waals surface area contributed by atoms with E-state index in [0.29, 0.717) is 28.4 Å². The van der Waals surface area contributed by atoms with Crippen molar-refractivity contribution in [1.82, 2.24) is 9.55 Å². The van der Waals surface area contributed by atoms with Gasteiger partial charge in [0.05, 0.1) is 12.2 Å². The van der Waals surface area contributed by atoms with Crippen molar-refractivity contribution >= 4 is 46.0 Å². The molecule has 2 aromatic carbocycles. The summed E-state index contributed by atoms with van der Waals surface area (Å²) in [5, 5.41) is 0.945. The summed E-state index contributed by atoms with van der Waals surface area (Å²) in [6, 6.07) is 15.8. The van der Waals surface area contributed by atoms with Crippen molar-refractivity contribution in [1.29, 1.82) is 0 Å². The third-order valence-corrected chi connectivity index (χ3v) is 6.03. The van der Waals surface area contributed by atoms with E-state index in [0.717, 1.165) is 16.5 Å². The minimum absolute atomic E-state index is 0.0232. The van der Waals surface area contributed by atoms with Gasteiger partial charge in [-0.25, -0.2) is 18.5 Å². The zero-order valence-corrected chi connectivity index (χ0v) is 19.7. The number of carbonyl (C=O) groups excluding carboxylic acids is 1. The molecule has 10 heteroatoms. The Balaban J connectivity index is 1.62. The molecule has 8 nitrogen and oxygen atoms in total. The van der Waals surface area contributed by atoms with Crippen LogP contribution in [0.15, 0.2) is 65.8 Å². The fourth-order valence-corrected chi connectivity index (χ4v) is 4.28. The molecule has 2 amide bonds. The van der Waals surface area contributed by atoms with Crippen LogP contribution >= 0.6 is 0 Å². The summed E-state index contributed by atoms with van der Waals surface area (Å²) in [6.45, 7) is -0.554. The van der Waals surface area contributed by atoms with Gasteiger partial charge in [0.15, 0.2) is 6.61 Å². The van der Waals surface area contributed by atoms with Crippen LogP contribution in [0.4, 0.5) is 36.5 Å². The Bertz CT molecular complexity index is 1480. The van der Waals surface area contributed by atoms with Gasteiger partial charge in [-0.15, -0.1) is 0 Å². The highest BCUT2D eigenvalue weighted by Gasteiger charge is 2.34. The maximum Gasteiger partial charge on any atom is 0.335 e. The van der Waals surface area contributed by atoms with Crippen LogP contribution in [0.25, 0.3) is 10.9 Å². The van der Waals surface area contributed by atoms with Gasteiger partial charge >= 0.3 is 6.03 Å². The van der Waals surface area contributed by atoms with E-state index in [4.69, 9.17) is 10.5 Å². The highest BCUT2D eigenvalue weighted by Crippen LogP contribution is 2.38. The van der Waals surface area contributed by atoms with Gasteiger partial charge in [-0.3, -0.25) is 9.89 Å². The number of hydrogen-bond acceptors (Lipinski definition) is 5. The first-order chi connectivity index (χ1) is 17.4. The molecule has 36 heavy (non-hydrogen) atoms. The first-order valence-electron chi connectivity index (χ1n) is 11.2. The molecule has 0 saturated heterocycles. The summed E-state index contributed by atoms with van der Waals surface area (Å²) in [7, 11) is 3.59. The number of anilines is 4. The molecule has 2 aromatic heterocycles. The molecule has 0 spiro atoms. The van der Waals surface area contributed by atoms with Gasteiger partial charge in [0.1, 0.15) is 5.82 Å². The number of nitrogens with two attached hydrogens (primary N) is 1. The SMILES string of the molecule is CN=Cc1cc(N2Cc3ccc(OCC(F)F)nc3N(c3ccc4c(ccn4C)c3)C2=O)ccc1N. The van der Waals surface area contributed by atoms with E-state index in [1.807, 2.05) is 42.1 Å². The number of pyridine rings is 1. The smallest absolute Gasteiger partial charge is 0.335 e. The van der Waals surface area contributed by atoms with E-state index in [9.17, 15) is 13.6 Å². The van der Waals surface area contributed by atoms with E-state index in [1.54, 1.807) is 42.4 Å². The van der Waals surface area contributed by atoms with Crippen molar-refractivity contribution in [3.05, 3.63) is 71.9 Å². The van der Waals surface area contributed by atoms with Crippen molar-refractivity contribution in [3.63, 3.8) is 0 Å². The number of aliphatic imine (C=N–C) groups is 1. The summed E-state index contributed by atoms with van der Waals surface area (Å²) in [5.41, 5.74) is 10.3. The maximum atomic E-state index is 13.9. The monoisotopic (exact) mass is 490 g/mol. The van der Waals surface area contributed by atoms with Crippen LogP contribution in [0.5, 0.6) is 5.88 Å². The number of rotatable bonds is 6. The van der Waals surface area contributed by atoms with E-state index in [-0.39, 0.29) is 18.5 Å². The standard InChI is InChI=1S/C26H24F2N6O2/c1-30-13-18-12-19(4-6-21(18)29)33-14-17-3-8-24(36-15-23(27)28)31-25(17)34(26(33)35)20-5-7-22-16(11-20)9-10-32(22)2/h3-13,23H,14-15,29H2,1-2H3. The van der Waals surface area contributed by atoms with Crippen molar-refractivity contribution < 1.29 is 18.3 Å². The Morgan fingerprint density at radius 1 is 1.14 bits per heavy atom. The number of benzene rings is 2. The highest BCUT2D eigenvalue weighted by atomic mass is 19.3. The average Bonchev–Trinajstić information content (AvgIpc) is 3.23. The van der Waals surface area contributed by atoms with Crippen LogP contribution in [0.1, 0.15) is 11.1 Å². The maximum absolute atomic E-state index is 13.9. The Labute approximate surface area is 206 Å². The molecule has 1 aliphatic heterocycles. The van der Waals surface area contributed by atoms with Crippen molar-refractivity contribution in [2.75, 3.05) is 29.2 Å². The largest absolute Gasteiger partial charge is 0.472 e. The lowest BCUT2D eigenvalue weighted by atomic mass is 10.1. The molecular weight excluding hydrogens is 466 g/mol. The lowest BCUT2D eigenvalue weighted by Crippen LogP contribution is -2.45. The first kappa shape index (κ1) is 23.3. The summed E-state index contributed by atoms with van der Waals surface area (Å²) in [5.74, 6) is 0.360. The van der Waals surface area contributed by atoms with Crippen LogP contribution in [-0.4, -0.2) is 41.9 Å². The second-order valence-electron chi connectivity index (χ2n) is 8.41. The Morgan fingerprint density at radius 2 is 1.94 bits per heavy atom. The lowest BCUT2D eigenvalue weighted by Gasteiger charge is -2.36. The van der Waals surface area contributed by atoms with Gasteiger partial charge in [0.2, 0.25) is 5.88 Å². The quantitative estimate of drug-likeness (QED) is 0.300. The number of halogens is 2. The number of urea groups is 1. The fraction of sp³-hybridized carbons (Fsp3) is 0.192. The molecule has 0 saturated carbocycles. The van der Waals surface area contributed by atoms with Gasteiger partial charge in [-0.2, -0.15) is 4.98 Å². The molecule has 0 atom stereocenters. The second kappa shape index (κ2) is 9.29. The summed E-state index contributed by atoms with van der Waals surface area (Å²) >= 11 is 0. The van der Waals surface area contributed by atoms with Crippen LogP contribution < -0.4 is 20.3 Å². The predicted octanol–water partition coefficient (Wildman–Crippen LogP) is 5.13. The number of amides is 2. The van der Waals surface area contributed by atoms with Gasteiger partial charge < -0.3 is 15.0 Å². The van der Waals surface area contributed by atoms with E-state index >= 15 is 0 Å². The molecule has 184 valence electrons. The van der Waals surface area contributed by atoms with Crippen LogP contribution in [0, 0.1) is 0 Å². The number of nitrogens with zero attached hydrogens (tertiary/aromatic N) is 5. The molecule has 1 aliphatic rings. The molecule has 5 rings (SSSR count). The van der Waals surface area contributed by atoms with Gasteiger partial charge in [0, 0.05) is 66.0 Å². The van der Waals surface area contributed by atoms with E-state index in [1.165, 1.54) is 11.0 Å². The van der Waals surface area contributed by atoms with E-state index in [2.05, 4.69) is 9.98 Å². The number of hydrogen-bond donors (Lipinski definition) is 1. The average molecular weight is 491 g/mol. The fourth-order valence-electron chi connectivity index (χ4n) is 4.28.